The molecule has 1 unspecified atom stereocenters. The summed E-state index contributed by atoms with van der Waals surface area (Å²) in [6, 6.07) is 3.57. The fourth-order valence-electron chi connectivity index (χ4n) is 1.49. The monoisotopic (exact) mass is 261 g/mol. The Labute approximate surface area is 107 Å². The molecule has 1 aromatic heterocycles. The van der Waals surface area contributed by atoms with Crippen LogP contribution in [-0.2, 0) is 11.3 Å². The van der Waals surface area contributed by atoms with Gasteiger partial charge in [0, 0.05) is 12.2 Å². The molecule has 2 nitrogen and oxygen atoms in total. The third kappa shape index (κ3) is 4.69. The lowest BCUT2D eigenvalue weighted by atomic mass is 10.1. The van der Waals surface area contributed by atoms with E-state index in [1.165, 1.54) is 12.8 Å². The van der Waals surface area contributed by atoms with Crippen molar-refractivity contribution in [3.8, 4) is 0 Å². The smallest absolute Gasteiger partial charge is 0.136 e. The summed E-state index contributed by atoms with van der Waals surface area (Å²) in [7, 11) is 0. The van der Waals surface area contributed by atoms with Crippen LogP contribution in [0.2, 0.25) is 10.3 Å². The summed E-state index contributed by atoms with van der Waals surface area (Å²) in [4.78, 5) is 3.96. The molecule has 0 fully saturated rings. The standard InChI is InChI=1S/C12H17Cl2NO/c1-3-4-9(2)7-16-8-10-5-6-11(13)15-12(10)14/h5-6,9H,3-4,7-8H2,1-2H3. The van der Waals surface area contributed by atoms with Gasteiger partial charge in [0.15, 0.2) is 0 Å². The number of nitrogens with zero attached hydrogens (tertiary/aromatic N) is 1. The lowest BCUT2D eigenvalue weighted by molar-refractivity contribution is 0.0892. The van der Waals surface area contributed by atoms with Gasteiger partial charge in [0.05, 0.1) is 6.61 Å². The van der Waals surface area contributed by atoms with Gasteiger partial charge in [0.2, 0.25) is 0 Å². The van der Waals surface area contributed by atoms with Crippen LogP contribution in [0.3, 0.4) is 0 Å². The van der Waals surface area contributed by atoms with Gasteiger partial charge in [0.1, 0.15) is 10.3 Å². The molecule has 0 saturated carbocycles. The summed E-state index contributed by atoms with van der Waals surface area (Å²) in [6.07, 6.45) is 2.38. The Bertz CT molecular complexity index is 331. The maximum atomic E-state index is 5.93. The minimum Gasteiger partial charge on any atom is -0.376 e. The first-order valence-electron chi connectivity index (χ1n) is 5.52. The van der Waals surface area contributed by atoms with Gasteiger partial charge in [-0.25, -0.2) is 4.98 Å². The Balaban J connectivity index is 2.37. The first-order valence-corrected chi connectivity index (χ1v) is 6.27. The summed E-state index contributed by atoms with van der Waals surface area (Å²) in [6.45, 7) is 5.62. The zero-order valence-corrected chi connectivity index (χ0v) is 11.2. The predicted molar refractivity (Wildman–Crippen MR) is 68.0 cm³/mol. The number of pyridine rings is 1. The third-order valence-electron chi connectivity index (χ3n) is 2.33. The van der Waals surface area contributed by atoms with Gasteiger partial charge < -0.3 is 4.74 Å². The molecular weight excluding hydrogens is 245 g/mol. The second-order valence-corrected chi connectivity index (χ2v) is 4.74. The van der Waals surface area contributed by atoms with E-state index < -0.39 is 0 Å². The fraction of sp³-hybridized carbons (Fsp3) is 0.583. The summed E-state index contributed by atoms with van der Waals surface area (Å²) in [5.41, 5.74) is 0.884. The van der Waals surface area contributed by atoms with Crippen LogP contribution in [0.25, 0.3) is 0 Å². The SMILES string of the molecule is CCCC(C)COCc1ccc(Cl)nc1Cl. The van der Waals surface area contributed by atoms with Crippen molar-refractivity contribution in [2.75, 3.05) is 6.61 Å². The average molecular weight is 262 g/mol. The molecule has 4 heteroatoms. The molecule has 1 rings (SSSR count). The van der Waals surface area contributed by atoms with Crippen LogP contribution >= 0.6 is 23.2 Å². The van der Waals surface area contributed by atoms with E-state index in [-0.39, 0.29) is 0 Å². The number of hydrogen-bond donors (Lipinski definition) is 0. The third-order valence-corrected chi connectivity index (χ3v) is 2.87. The van der Waals surface area contributed by atoms with Gasteiger partial charge in [-0.3, -0.25) is 0 Å². The van der Waals surface area contributed by atoms with Crippen molar-refractivity contribution in [3.05, 3.63) is 28.0 Å². The molecule has 1 aromatic rings. The van der Waals surface area contributed by atoms with Crippen LogP contribution in [0.5, 0.6) is 0 Å². The van der Waals surface area contributed by atoms with E-state index in [1.54, 1.807) is 6.07 Å². The molecule has 0 N–H and O–H groups in total. The lowest BCUT2D eigenvalue weighted by Gasteiger charge is -2.11. The van der Waals surface area contributed by atoms with Gasteiger partial charge in [-0.2, -0.15) is 0 Å². The largest absolute Gasteiger partial charge is 0.376 e. The summed E-state index contributed by atoms with van der Waals surface area (Å²) in [5, 5.41) is 0.837. The maximum absolute atomic E-state index is 5.93. The first kappa shape index (κ1) is 13.8. The number of aromatic nitrogens is 1. The van der Waals surface area contributed by atoms with Gasteiger partial charge in [-0.15, -0.1) is 0 Å². The van der Waals surface area contributed by atoms with Crippen molar-refractivity contribution in [3.63, 3.8) is 0 Å². The van der Waals surface area contributed by atoms with Gasteiger partial charge >= 0.3 is 0 Å². The molecule has 0 aliphatic rings. The van der Waals surface area contributed by atoms with Crippen LogP contribution in [0.4, 0.5) is 0 Å². The van der Waals surface area contributed by atoms with E-state index in [0.29, 0.717) is 22.8 Å². The van der Waals surface area contributed by atoms with Gasteiger partial charge in [-0.1, -0.05) is 49.5 Å². The fourth-order valence-corrected chi connectivity index (χ4v) is 1.89. The highest BCUT2D eigenvalue weighted by molar-refractivity contribution is 6.32. The van der Waals surface area contributed by atoms with E-state index in [4.69, 9.17) is 27.9 Å². The summed E-state index contributed by atoms with van der Waals surface area (Å²) >= 11 is 11.6. The van der Waals surface area contributed by atoms with E-state index in [9.17, 15) is 0 Å². The van der Waals surface area contributed by atoms with Crippen molar-refractivity contribution in [2.45, 2.75) is 33.3 Å². The molecule has 1 heterocycles. The Morgan fingerprint density at radius 1 is 1.38 bits per heavy atom. The second-order valence-electron chi connectivity index (χ2n) is 3.99. The highest BCUT2D eigenvalue weighted by Gasteiger charge is 2.05. The topological polar surface area (TPSA) is 22.1 Å². The molecule has 0 spiro atoms. The minimum atomic E-state index is 0.410. The summed E-state index contributed by atoms with van der Waals surface area (Å²) in [5.74, 6) is 0.587. The van der Waals surface area contributed by atoms with E-state index in [2.05, 4.69) is 18.8 Å². The lowest BCUT2D eigenvalue weighted by Crippen LogP contribution is -2.06. The quantitative estimate of drug-likeness (QED) is 0.711. The normalized spacial score (nSPS) is 12.8. The zero-order chi connectivity index (χ0) is 12.0. The molecule has 0 aromatic carbocycles. The number of hydrogen-bond acceptors (Lipinski definition) is 2. The maximum Gasteiger partial charge on any atom is 0.136 e. The first-order chi connectivity index (χ1) is 7.63. The van der Waals surface area contributed by atoms with Crippen LogP contribution in [0, 0.1) is 5.92 Å². The Morgan fingerprint density at radius 2 is 2.12 bits per heavy atom. The zero-order valence-electron chi connectivity index (χ0n) is 9.67. The predicted octanol–water partition coefficient (Wildman–Crippen LogP) is 4.34. The Hall–Kier alpha value is -0.310. The van der Waals surface area contributed by atoms with Crippen LogP contribution in [-0.4, -0.2) is 11.6 Å². The molecule has 0 aliphatic heterocycles. The van der Waals surface area contributed by atoms with Crippen molar-refractivity contribution >= 4 is 23.2 Å². The molecule has 0 saturated heterocycles. The minimum absolute atomic E-state index is 0.410. The van der Waals surface area contributed by atoms with E-state index in [0.717, 1.165) is 12.2 Å². The molecule has 0 aliphatic carbocycles. The molecule has 0 bridgehead atoms. The van der Waals surface area contributed by atoms with Gasteiger partial charge in [0.25, 0.3) is 0 Å². The average Bonchev–Trinajstić information content (AvgIpc) is 2.22. The van der Waals surface area contributed by atoms with Crippen molar-refractivity contribution in [1.29, 1.82) is 0 Å². The van der Waals surface area contributed by atoms with E-state index >= 15 is 0 Å². The highest BCUT2D eigenvalue weighted by Crippen LogP contribution is 2.17. The molecule has 0 radical (unpaired) electrons. The summed E-state index contributed by atoms with van der Waals surface area (Å²) < 4.78 is 5.59. The van der Waals surface area contributed by atoms with E-state index in [1.807, 2.05) is 6.07 Å². The highest BCUT2D eigenvalue weighted by atomic mass is 35.5. The molecule has 0 amide bonds. The Morgan fingerprint density at radius 3 is 2.75 bits per heavy atom. The number of halogens is 2. The second kappa shape index (κ2) is 7.10. The van der Waals surface area contributed by atoms with Crippen LogP contribution in [0.15, 0.2) is 12.1 Å². The molecular formula is C12H17Cl2NO. The molecule has 90 valence electrons. The van der Waals surface area contributed by atoms with Crippen molar-refractivity contribution in [1.82, 2.24) is 4.98 Å². The van der Waals surface area contributed by atoms with Crippen molar-refractivity contribution < 1.29 is 4.74 Å². The van der Waals surface area contributed by atoms with Crippen LogP contribution < -0.4 is 0 Å². The van der Waals surface area contributed by atoms with Crippen molar-refractivity contribution in [2.24, 2.45) is 5.92 Å². The molecule has 16 heavy (non-hydrogen) atoms. The Kier molecular flexibility index (Phi) is 6.10. The van der Waals surface area contributed by atoms with Gasteiger partial charge in [-0.05, 0) is 18.4 Å². The number of ether oxygens (including phenoxy) is 1. The number of rotatable bonds is 6. The van der Waals surface area contributed by atoms with Crippen LogP contribution in [0.1, 0.15) is 32.3 Å². The molecule has 1 atom stereocenters.